The standard InChI is InChI=1S/C15H22N4O3/c1-11-10-17(14(20)15(2,3)4)7-8-18(11)13-6-5-12(9-16-13)19(21)22/h5-6,9,11H,7-8,10H2,1-4H3. The van der Waals surface area contributed by atoms with Gasteiger partial charge in [0.15, 0.2) is 0 Å². The monoisotopic (exact) mass is 306 g/mol. The Morgan fingerprint density at radius 3 is 2.50 bits per heavy atom. The van der Waals surface area contributed by atoms with Crippen LogP contribution in [0.25, 0.3) is 0 Å². The number of rotatable bonds is 2. The van der Waals surface area contributed by atoms with Crippen LogP contribution in [0.15, 0.2) is 18.3 Å². The highest BCUT2D eigenvalue weighted by Gasteiger charge is 2.33. The van der Waals surface area contributed by atoms with Crippen molar-refractivity contribution in [3.8, 4) is 0 Å². The molecular weight excluding hydrogens is 284 g/mol. The maximum Gasteiger partial charge on any atom is 0.287 e. The first kappa shape index (κ1) is 16.2. The molecule has 1 aliphatic heterocycles. The van der Waals surface area contributed by atoms with Crippen molar-refractivity contribution in [2.45, 2.75) is 33.7 Å². The first-order valence-corrected chi connectivity index (χ1v) is 7.36. The third-order valence-corrected chi connectivity index (χ3v) is 3.79. The quantitative estimate of drug-likeness (QED) is 0.617. The van der Waals surface area contributed by atoms with E-state index in [4.69, 9.17) is 0 Å². The molecule has 1 amide bonds. The van der Waals surface area contributed by atoms with E-state index in [1.807, 2.05) is 32.6 Å². The van der Waals surface area contributed by atoms with Gasteiger partial charge in [0.05, 0.1) is 4.92 Å². The normalized spacial score (nSPS) is 19.2. The molecule has 0 aliphatic carbocycles. The van der Waals surface area contributed by atoms with Crippen molar-refractivity contribution >= 4 is 17.4 Å². The largest absolute Gasteiger partial charge is 0.350 e. The second kappa shape index (κ2) is 5.90. The molecular formula is C15H22N4O3. The van der Waals surface area contributed by atoms with E-state index in [0.29, 0.717) is 25.5 Å². The summed E-state index contributed by atoms with van der Waals surface area (Å²) in [6.45, 7) is 9.74. The molecule has 1 aromatic rings. The first-order chi connectivity index (χ1) is 10.2. The van der Waals surface area contributed by atoms with Crippen molar-refractivity contribution in [1.82, 2.24) is 9.88 Å². The van der Waals surface area contributed by atoms with Gasteiger partial charge in [-0.1, -0.05) is 20.8 Å². The van der Waals surface area contributed by atoms with Crippen LogP contribution in [0.5, 0.6) is 0 Å². The van der Waals surface area contributed by atoms with E-state index in [-0.39, 0.29) is 23.1 Å². The lowest BCUT2D eigenvalue weighted by Gasteiger charge is -2.42. The molecule has 1 aliphatic rings. The summed E-state index contributed by atoms with van der Waals surface area (Å²) in [5.41, 5.74) is -0.397. The van der Waals surface area contributed by atoms with E-state index in [0.717, 1.165) is 0 Å². The molecule has 0 bridgehead atoms. The number of carbonyl (C=O) groups is 1. The van der Waals surface area contributed by atoms with Gasteiger partial charge < -0.3 is 9.80 Å². The third kappa shape index (κ3) is 3.35. The number of aromatic nitrogens is 1. The van der Waals surface area contributed by atoms with Crippen molar-refractivity contribution in [2.24, 2.45) is 5.41 Å². The summed E-state index contributed by atoms with van der Waals surface area (Å²) in [6, 6.07) is 3.24. The molecule has 7 nitrogen and oxygen atoms in total. The molecule has 1 aromatic heterocycles. The molecule has 1 atom stereocenters. The van der Waals surface area contributed by atoms with Crippen molar-refractivity contribution in [2.75, 3.05) is 24.5 Å². The van der Waals surface area contributed by atoms with E-state index in [2.05, 4.69) is 9.88 Å². The number of pyridine rings is 1. The number of hydrogen-bond donors (Lipinski definition) is 0. The number of hydrogen-bond acceptors (Lipinski definition) is 5. The Balaban J connectivity index is 2.07. The van der Waals surface area contributed by atoms with Gasteiger partial charge in [0.2, 0.25) is 5.91 Å². The summed E-state index contributed by atoms with van der Waals surface area (Å²) in [7, 11) is 0. The van der Waals surface area contributed by atoms with Crippen LogP contribution >= 0.6 is 0 Å². The van der Waals surface area contributed by atoms with Crippen LogP contribution < -0.4 is 4.90 Å². The summed E-state index contributed by atoms with van der Waals surface area (Å²) in [5, 5.41) is 10.7. The Morgan fingerprint density at radius 2 is 2.05 bits per heavy atom. The molecule has 2 rings (SSSR count). The average Bonchev–Trinajstić information content (AvgIpc) is 2.45. The SMILES string of the molecule is CC1CN(C(=O)C(C)(C)C)CCN1c1ccc([N+](=O)[O-])cn1. The van der Waals surface area contributed by atoms with Gasteiger partial charge in [-0.15, -0.1) is 0 Å². The van der Waals surface area contributed by atoms with Gasteiger partial charge in [0, 0.05) is 37.2 Å². The van der Waals surface area contributed by atoms with Gasteiger partial charge in [0.1, 0.15) is 12.0 Å². The zero-order valence-corrected chi connectivity index (χ0v) is 13.4. The summed E-state index contributed by atoms with van der Waals surface area (Å²) < 4.78 is 0. The van der Waals surface area contributed by atoms with Crippen LogP contribution in [0.1, 0.15) is 27.7 Å². The maximum absolute atomic E-state index is 12.3. The zero-order valence-electron chi connectivity index (χ0n) is 13.4. The third-order valence-electron chi connectivity index (χ3n) is 3.79. The predicted octanol–water partition coefficient (Wildman–Crippen LogP) is 2.07. The molecule has 0 saturated carbocycles. The Bertz CT molecular complexity index is 565. The van der Waals surface area contributed by atoms with Crippen LogP contribution in [-0.4, -0.2) is 46.4 Å². The predicted molar refractivity (Wildman–Crippen MR) is 83.7 cm³/mol. The van der Waals surface area contributed by atoms with Gasteiger partial charge in [-0.05, 0) is 13.0 Å². The second-order valence-electron chi connectivity index (χ2n) is 6.68. The molecule has 1 unspecified atom stereocenters. The van der Waals surface area contributed by atoms with Gasteiger partial charge >= 0.3 is 0 Å². The lowest BCUT2D eigenvalue weighted by Crippen LogP contribution is -2.56. The molecule has 1 fully saturated rings. The fourth-order valence-electron chi connectivity index (χ4n) is 2.61. The molecule has 2 heterocycles. The lowest BCUT2D eigenvalue weighted by molar-refractivity contribution is -0.385. The van der Waals surface area contributed by atoms with E-state index in [9.17, 15) is 14.9 Å². The molecule has 1 saturated heterocycles. The number of nitrogens with zero attached hydrogens (tertiary/aromatic N) is 4. The summed E-state index contributed by atoms with van der Waals surface area (Å²) in [5.74, 6) is 0.858. The first-order valence-electron chi connectivity index (χ1n) is 7.36. The number of carbonyl (C=O) groups excluding carboxylic acids is 1. The Labute approximate surface area is 130 Å². The van der Waals surface area contributed by atoms with Crippen LogP contribution in [0, 0.1) is 15.5 Å². The summed E-state index contributed by atoms with van der Waals surface area (Å²) >= 11 is 0. The van der Waals surface area contributed by atoms with Crippen molar-refractivity contribution in [3.63, 3.8) is 0 Å². The molecule has 0 aromatic carbocycles. The Kier molecular flexibility index (Phi) is 4.35. The summed E-state index contributed by atoms with van der Waals surface area (Å²) in [4.78, 5) is 30.7. The van der Waals surface area contributed by atoms with Gasteiger partial charge in [0.25, 0.3) is 5.69 Å². The van der Waals surface area contributed by atoms with Crippen LogP contribution in [0.4, 0.5) is 11.5 Å². The topological polar surface area (TPSA) is 79.6 Å². The minimum Gasteiger partial charge on any atom is -0.350 e. The van der Waals surface area contributed by atoms with Gasteiger partial charge in [-0.25, -0.2) is 4.98 Å². The molecule has 0 spiro atoms. The second-order valence-corrected chi connectivity index (χ2v) is 6.68. The minimum absolute atomic E-state index is 0.0158. The number of nitro groups is 1. The summed E-state index contributed by atoms with van der Waals surface area (Å²) in [6.07, 6.45) is 1.27. The fourth-order valence-corrected chi connectivity index (χ4v) is 2.61. The van der Waals surface area contributed by atoms with E-state index >= 15 is 0 Å². The Hall–Kier alpha value is -2.18. The average molecular weight is 306 g/mol. The van der Waals surface area contributed by atoms with Crippen molar-refractivity contribution in [1.29, 1.82) is 0 Å². The Morgan fingerprint density at radius 1 is 1.36 bits per heavy atom. The van der Waals surface area contributed by atoms with Crippen molar-refractivity contribution < 1.29 is 9.72 Å². The molecule has 22 heavy (non-hydrogen) atoms. The molecule has 0 radical (unpaired) electrons. The highest BCUT2D eigenvalue weighted by Crippen LogP contribution is 2.24. The molecule has 7 heteroatoms. The number of piperazine rings is 1. The van der Waals surface area contributed by atoms with E-state index in [1.54, 1.807) is 6.07 Å². The van der Waals surface area contributed by atoms with Crippen LogP contribution in [0.2, 0.25) is 0 Å². The highest BCUT2D eigenvalue weighted by atomic mass is 16.6. The maximum atomic E-state index is 12.3. The molecule has 0 N–H and O–H groups in total. The van der Waals surface area contributed by atoms with Crippen molar-refractivity contribution in [3.05, 3.63) is 28.4 Å². The van der Waals surface area contributed by atoms with E-state index < -0.39 is 4.92 Å². The van der Waals surface area contributed by atoms with Gasteiger partial charge in [-0.2, -0.15) is 0 Å². The van der Waals surface area contributed by atoms with E-state index in [1.165, 1.54) is 12.3 Å². The lowest BCUT2D eigenvalue weighted by atomic mass is 9.94. The zero-order chi connectivity index (χ0) is 16.5. The fraction of sp³-hybridized carbons (Fsp3) is 0.600. The highest BCUT2D eigenvalue weighted by molar-refractivity contribution is 5.81. The van der Waals surface area contributed by atoms with Gasteiger partial charge in [-0.3, -0.25) is 14.9 Å². The minimum atomic E-state index is -0.458. The smallest absolute Gasteiger partial charge is 0.287 e. The van der Waals surface area contributed by atoms with Crippen LogP contribution in [-0.2, 0) is 4.79 Å². The number of amides is 1. The van der Waals surface area contributed by atoms with Crippen LogP contribution in [0.3, 0.4) is 0 Å². The molecule has 120 valence electrons. The number of anilines is 1.